The molecule has 2 aliphatic carbocycles. The molecule has 0 bridgehead atoms. The van der Waals surface area contributed by atoms with Crippen LogP contribution < -0.4 is 15.8 Å². The monoisotopic (exact) mass is 574 g/mol. The molecule has 0 atom stereocenters. The summed E-state index contributed by atoms with van der Waals surface area (Å²) in [6, 6.07) is 12.9. The molecule has 2 aromatic carbocycles. The van der Waals surface area contributed by atoms with Crippen molar-refractivity contribution in [3.05, 3.63) is 60.4 Å². The van der Waals surface area contributed by atoms with E-state index >= 15 is 0 Å². The summed E-state index contributed by atoms with van der Waals surface area (Å²) >= 11 is 0. The smallest absolute Gasteiger partial charge is 0.284 e. The average molecular weight is 575 g/mol. The van der Waals surface area contributed by atoms with E-state index in [2.05, 4.69) is 21.5 Å². The van der Waals surface area contributed by atoms with E-state index in [0.29, 0.717) is 36.3 Å². The van der Waals surface area contributed by atoms with Crippen molar-refractivity contribution in [3.63, 3.8) is 0 Å². The van der Waals surface area contributed by atoms with Crippen molar-refractivity contribution < 1.29 is 27.5 Å². The first-order valence-corrected chi connectivity index (χ1v) is 13.7. The van der Waals surface area contributed by atoms with Gasteiger partial charge < -0.3 is 20.2 Å². The van der Waals surface area contributed by atoms with Crippen molar-refractivity contribution >= 4 is 22.8 Å². The second-order valence-electron chi connectivity index (χ2n) is 10.9. The SMILES string of the molecule is CCOc1cc(-c2ccc3c(C4(C(=O)NC5(C#N)CC5)CCC(F)(F)CC4)c(C(N)=O)oc3c2)ccc1-n1cncn1. The molecule has 4 aromatic rings. The van der Waals surface area contributed by atoms with Crippen LogP contribution in [0, 0.1) is 11.3 Å². The van der Waals surface area contributed by atoms with Gasteiger partial charge in [0.05, 0.1) is 18.1 Å². The molecule has 3 N–H and O–H groups in total. The van der Waals surface area contributed by atoms with E-state index in [4.69, 9.17) is 14.9 Å². The molecule has 0 unspecified atom stereocenters. The Morgan fingerprint density at radius 2 is 1.83 bits per heavy atom. The van der Waals surface area contributed by atoms with Gasteiger partial charge in [0.15, 0.2) is 5.76 Å². The normalized spacial score (nSPS) is 18.2. The number of nitriles is 1. The maximum absolute atomic E-state index is 14.4. The van der Waals surface area contributed by atoms with Gasteiger partial charge in [-0.05, 0) is 61.9 Å². The number of carbonyl (C=O) groups excluding carboxylic acids is 2. The predicted octanol–water partition coefficient (Wildman–Crippen LogP) is 4.80. The summed E-state index contributed by atoms with van der Waals surface area (Å²) in [6.07, 6.45) is 2.36. The lowest BCUT2D eigenvalue weighted by molar-refractivity contribution is -0.132. The van der Waals surface area contributed by atoms with Gasteiger partial charge in [0.2, 0.25) is 11.8 Å². The van der Waals surface area contributed by atoms with Crippen LogP contribution in [0.3, 0.4) is 0 Å². The number of ether oxygens (including phenoxy) is 1. The van der Waals surface area contributed by atoms with Crippen molar-refractivity contribution in [1.82, 2.24) is 20.1 Å². The van der Waals surface area contributed by atoms with Crippen molar-refractivity contribution in [3.8, 4) is 28.6 Å². The number of aromatic nitrogens is 3. The first-order chi connectivity index (χ1) is 20.1. The van der Waals surface area contributed by atoms with E-state index < -0.39 is 41.5 Å². The second-order valence-corrected chi connectivity index (χ2v) is 10.9. The van der Waals surface area contributed by atoms with Crippen LogP contribution in [-0.4, -0.2) is 44.6 Å². The number of furan rings is 1. The molecule has 2 amide bonds. The van der Waals surface area contributed by atoms with Crippen molar-refractivity contribution in [2.24, 2.45) is 5.73 Å². The summed E-state index contributed by atoms with van der Waals surface area (Å²) in [4.78, 5) is 30.5. The third kappa shape index (κ3) is 4.64. The van der Waals surface area contributed by atoms with E-state index in [9.17, 15) is 23.6 Å². The number of nitrogens with one attached hydrogen (secondary N) is 1. The molecule has 2 heterocycles. The molecule has 0 radical (unpaired) electrons. The number of hydrogen-bond acceptors (Lipinski definition) is 7. The Morgan fingerprint density at radius 1 is 1.12 bits per heavy atom. The fourth-order valence-electron chi connectivity index (χ4n) is 5.77. The number of fused-ring (bicyclic) bond motifs is 1. The standard InChI is InChI=1S/C30H28F2N6O4/c1-2-41-23-14-19(4-6-21(23)38-17-35-16-36-38)18-3-5-20-22(13-18)42-25(26(34)39)24(20)29(9-11-30(31,32)12-10-29)27(40)37-28(15-33)7-8-28/h3-6,13-14,16-17H,2,7-12H2,1H3,(H2,34,39)(H,37,40). The summed E-state index contributed by atoms with van der Waals surface area (Å²) < 4.78 is 42.2. The molecule has 42 heavy (non-hydrogen) atoms. The van der Waals surface area contributed by atoms with Crippen LogP contribution >= 0.6 is 0 Å². The first kappa shape index (κ1) is 27.4. The minimum Gasteiger partial charge on any atom is -0.492 e. The van der Waals surface area contributed by atoms with E-state index in [0.717, 1.165) is 11.1 Å². The van der Waals surface area contributed by atoms with Crippen LogP contribution in [0.4, 0.5) is 8.78 Å². The Morgan fingerprint density at radius 3 is 2.45 bits per heavy atom. The minimum atomic E-state index is -2.95. The largest absolute Gasteiger partial charge is 0.492 e. The number of halogens is 2. The van der Waals surface area contributed by atoms with Gasteiger partial charge in [0, 0.05) is 23.8 Å². The first-order valence-electron chi connectivity index (χ1n) is 13.7. The van der Waals surface area contributed by atoms with E-state index in [1.807, 2.05) is 25.1 Å². The highest BCUT2D eigenvalue weighted by molar-refractivity contribution is 6.04. The van der Waals surface area contributed by atoms with Crippen LogP contribution in [0.5, 0.6) is 5.75 Å². The molecule has 216 valence electrons. The highest BCUT2D eigenvalue weighted by Gasteiger charge is 2.55. The van der Waals surface area contributed by atoms with Gasteiger partial charge >= 0.3 is 0 Å². The summed E-state index contributed by atoms with van der Waals surface area (Å²) in [7, 11) is 0. The van der Waals surface area contributed by atoms with E-state index in [1.165, 1.54) is 6.33 Å². The summed E-state index contributed by atoms with van der Waals surface area (Å²) in [5.41, 5.74) is 5.85. The van der Waals surface area contributed by atoms with Crippen molar-refractivity contribution in [1.29, 1.82) is 5.26 Å². The number of hydrogen-bond donors (Lipinski definition) is 2. The topological polar surface area (TPSA) is 149 Å². The highest BCUT2D eigenvalue weighted by Crippen LogP contribution is 2.50. The van der Waals surface area contributed by atoms with E-state index in [1.54, 1.807) is 29.2 Å². The minimum absolute atomic E-state index is 0.190. The van der Waals surface area contributed by atoms with Crippen LogP contribution in [0.25, 0.3) is 27.8 Å². The molecule has 12 heteroatoms. The summed E-state index contributed by atoms with van der Waals surface area (Å²) in [5.74, 6) is -4.11. The average Bonchev–Trinajstić information content (AvgIpc) is 3.35. The molecule has 0 aliphatic heterocycles. The van der Waals surface area contributed by atoms with Crippen LogP contribution in [-0.2, 0) is 10.2 Å². The zero-order chi connectivity index (χ0) is 29.7. The lowest BCUT2D eigenvalue weighted by atomic mass is 9.66. The van der Waals surface area contributed by atoms with Gasteiger partial charge in [0.25, 0.3) is 5.91 Å². The number of nitrogens with two attached hydrogens (primary N) is 1. The Bertz CT molecular complexity index is 1730. The van der Waals surface area contributed by atoms with Crippen molar-refractivity contribution in [2.75, 3.05) is 6.61 Å². The quantitative estimate of drug-likeness (QED) is 0.307. The third-order valence-electron chi connectivity index (χ3n) is 8.24. The highest BCUT2D eigenvalue weighted by atomic mass is 19.3. The van der Waals surface area contributed by atoms with Gasteiger partial charge in [-0.15, -0.1) is 0 Å². The number of alkyl halides is 2. The number of rotatable bonds is 8. The number of nitrogens with zero attached hydrogens (tertiary/aromatic N) is 4. The van der Waals surface area contributed by atoms with Gasteiger partial charge in [-0.3, -0.25) is 9.59 Å². The molecule has 2 aliphatic rings. The molecular formula is C30H28F2N6O4. The molecule has 0 spiro atoms. The lowest BCUT2D eigenvalue weighted by Gasteiger charge is -2.39. The number of carbonyl (C=O) groups is 2. The summed E-state index contributed by atoms with van der Waals surface area (Å²) in [6.45, 7) is 2.29. The zero-order valence-electron chi connectivity index (χ0n) is 22.8. The van der Waals surface area contributed by atoms with Crippen LogP contribution in [0.1, 0.15) is 61.6 Å². The molecular weight excluding hydrogens is 546 g/mol. The molecule has 2 fully saturated rings. The fraction of sp³-hybridized carbons (Fsp3) is 0.367. The van der Waals surface area contributed by atoms with Crippen LogP contribution in [0.15, 0.2) is 53.5 Å². The van der Waals surface area contributed by atoms with E-state index in [-0.39, 0.29) is 29.7 Å². The number of primary amides is 1. The number of amides is 2. The van der Waals surface area contributed by atoms with Gasteiger partial charge in [0.1, 0.15) is 35.2 Å². The molecule has 10 nitrogen and oxygen atoms in total. The second kappa shape index (κ2) is 9.94. The van der Waals surface area contributed by atoms with Gasteiger partial charge in [-0.25, -0.2) is 18.4 Å². The zero-order valence-corrected chi connectivity index (χ0v) is 22.8. The Hall–Kier alpha value is -4.79. The fourth-order valence-corrected chi connectivity index (χ4v) is 5.77. The molecule has 2 saturated carbocycles. The molecule has 6 rings (SSSR count). The maximum Gasteiger partial charge on any atom is 0.284 e. The third-order valence-corrected chi connectivity index (χ3v) is 8.24. The Balaban J connectivity index is 1.46. The number of benzene rings is 2. The predicted molar refractivity (Wildman–Crippen MR) is 147 cm³/mol. The van der Waals surface area contributed by atoms with Crippen molar-refractivity contribution in [2.45, 2.75) is 62.3 Å². The maximum atomic E-state index is 14.4. The van der Waals surface area contributed by atoms with Gasteiger partial charge in [-0.1, -0.05) is 18.2 Å². The van der Waals surface area contributed by atoms with Gasteiger partial charge in [-0.2, -0.15) is 10.4 Å². The lowest BCUT2D eigenvalue weighted by Crippen LogP contribution is -2.52. The van der Waals surface area contributed by atoms with Crippen LogP contribution in [0.2, 0.25) is 0 Å². The summed E-state index contributed by atoms with van der Waals surface area (Å²) in [5, 5.41) is 17.0. The Labute approximate surface area is 239 Å². The Kier molecular flexibility index (Phi) is 6.48. The molecule has 2 aromatic heterocycles. The molecule has 0 saturated heterocycles.